The van der Waals surface area contributed by atoms with Crippen LogP contribution in [0.4, 0.5) is 0 Å². The van der Waals surface area contributed by atoms with Gasteiger partial charge in [0.2, 0.25) is 0 Å². The number of esters is 1. The second-order valence-corrected chi connectivity index (χ2v) is 4.67. The van der Waals surface area contributed by atoms with Gasteiger partial charge in [0.05, 0.1) is 17.7 Å². The quantitative estimate of drug-likeness (QED) is 0.622. The summed E-state index contributed by atoms with van der Waals surface area (Å²) >= 11 is 2.00. The van der Waals surface area contributed by atoms with Gasteiger partial charge in [0, 0.05) is 17.7 Å². The van der Waals surface area contributed by atoms with Crippen molar-refractivity contribution in [1.29, 1.82) is 0 Å². The van der Waals surface area contributed by atoms with Crippen LogP contribution in [0.5, 0.6) is 0 Å². The lowest BCUT2D eigenvalue weighted by atomic mass is 10.1. The van der Waals surface area contributed by atoms with Crippen LogP contribution in [0.25, 0.3) is 0 Å². The van der Waals surface area contributed by atoms with E-state index < -0.39 is 5.97 Å². The number of rotatable bonds is 3. The molecule has 4 nitrogen and oxygen atoms in total. The minimum absolute atomic E-state index is 0.124. The SMILES string of the molecule is CCOC(=O)c1cccc(C(=O)N(C)C)c1I. The van der Waals surface area contributed by atoms with Crippen LogP contribution in [0.1, 0.15) is 27.6 Å². The normalized spacial score (nSPS) is 9.88. The fraction of sp³-hybridized carbons (Fsp3) is 0.333. The van der Waals surface area contributed by atoms with Gasteiger partial charge in [-0.15, -0.1) is 0 Å². The molecule has 5 heteroatoms. The van der Waals surface area contributed by atoms with E-state index in [4.69, 9.17) is 4.74 Å². The lowest BCUT2D eigenvalue weighted by Gasteiger charge is -2.13. The zero-order valence-corrected chi connectivity index (χ0v) is 12.1. The Labute approximate surface area is 114 Å². The first kappa shape index (κ1) is 14.0. The van der Waals surface area contributed by atoms with Crippen LogP contribution in [0.2, 0.25) is 0 Å². The second kappa shape index (κ2) is 6.00. The zero-order chi connectivity index (χ0) is 13.0. The molecule has 1 amide bonds. The summed E-state index contributed by atoms with van der Waals surface area (Å²) in [6, 6.07) is 5.05. The summed E-state index contributed by atoms with van der Waals surface area (Å²) in [5, 5.41) is 0. The smallest absolute Gasteiger partial charge is 0.339 e. The van der Waals surface area contributed by atoms with Gasteiger partial charge in [-0.2, -0.15) is 0 Å². The Bertz CT molecular complexity index is 443. The molecule has 0 saturated heterocycles. The van der Waals surface area contributed by atoms with Crippen molar-refractivity contribution in [2.24, 2.45) is 0 Å². The van der Waals surface area contributed by atoms with Crippen LogP contribution in [0.3, 0.4) is 0 Å². The molecule has 1 rings (SSSR count). The topological polar surface area (TPSA) is 46.6 Å². The summed E-state index contributed by atoms with van der Waals surface area (Å²) in [4.78, 5) is 25.0. The molecule has 0 aliphatic heterocycles. The summed E-state index contributed by atoms with van der Waals surface area (Å²) in [6.45, 7) is 2.07. The van der Waals surface area contributed by atoms with Crippen molar-refractivity contribution in [3.8, 4) is 0 Å². The standard InChI is InChI=1S/C12H14INO3/c1-4-17-12(16)9-7-5-6-8(10(9)13)11(15)14(2)3/h5-7H,4H2,1-3H3. The summed E-state index contributed by atoms with van der Waals surface area (Å²) in [7, 11) is 3.35. The molecule has 0 bridgehead atoms. The van der Waals surface area contributed by atoms with Crippen molar-refractivity contribution < 1.29 is 14.3 Å². The maximum absolute atomic E-state index is 11.9. The molecule has 0 saturated carbocycles. The highest BCUT2D eigenvalue weighted by molar-refractivity contribution is 14.1. The highest BCUT2D eigenvalue weighted by Crippen LogP contribution is 2.19. The Morgan fingerprint density at radius 1 is 1.29 bits per heavy atom. The number of nitrogens with zero attached hydrogens (tertiary/aromatic N) is 1. The fourth-order valence-corrected chi connectivity index (χ4v) is 2.12. The van der Waals surface area contributed by atoms with Crippen LogP contribution in [-0.2, 0) is 4.74 Å². The molecule has 1 aromatic rings. The van der Waals surface area contributed by atoms with Gasteiger partial charge in [-0.05, 0) is 41.6 Å². The predicted octanol–water partition coefficient (Wildman–Crippen LogP) is 2.17. The van der Waals surface area contributed by atoms with E-state index in [9.17, 15) is 9.59 Å². The third-order valence-corrected chi connectivity index (χ3v) is 3.29. The van der Waals surface area contributed by atoms with E-state index in [1.165, 1.54) is 4.90 Å². The number of benzene rings is 1. The van der Waals surface area contributed by atoms with E-state index in [2.05, 4.69) is 0 Å². The van der Waals surface area contributed by atoms with Crippen LogP contribution in [-0.4, -0.2) is 37.5 Å². The van der Waals surface area contributed by atoms with Gasteiger partial charge >= 0.3 is 5.97 Å². The van der Waals surface area contributed by atoms with Crippen LogP contribution >= 0.6 is 22.6 Å². The van der Waals surface area contributed by atoms with Gasteiger partial charge in [-0.25, -0.2) is 4.79 Å². The molecule has 0 N–H and O–H groups in total. The number of carbonyl (C=O) groups is 2. The van der Waals surface area contributed by atoms with E-state index >= 15 is 0 Å². The average Bonchev–Trinajstić information content (AvgIpc) is 2.28. The van der Waals surface area contributed by atoms with E-state index in [0.717, 1.165) is 0 Å². The molecule has 0 unspecified atom stereocenters. The second-order valence-electron chi connectivity index (χ2n) is 3.59. The van der Waals surface area contributed by atoms with E-state index in [0.29, 0.717) is 21.3 Å². The van der Waals surface area contributed by atoms with Crippen LogP contribution < -0.4 is 0 Å². The molecule has 0 spiro atoms. The maximum Gasteiger partial charge on any atom is 0.339 e. The van der Waals surface area contributed by atoms with Crippen molar-refractivity contribution in [3.63, 3.8) is 0 Å². The van der Waals surface area contributed by atoms with Crippen LogP contribution in [0, 0.1) is 3.57 Å². The Morgan fingerprint density at radius 3 is 2.41 bits per heavy atom. The van der Waals surface area contributed by atoms with Gasteiger partial charge in [-0.1, -0.05) is 6.07 Å². The molecular formula is C12H14INO3. The number of ether oxygens (including phenoxy) is 1. The number of halogens is 1. The Hall–Kier alpha value is -1.11. The third-order valence-electron chi connectivity index (χ3n) is 2.13. The maximum atomic E-state index is 11.9. The minimum atomic E-state index is -0.398. The molecule has 0 aliphatic carbocycles. The largest absolute Gasteiger partial charge is 0.462 e. The van der Waals surface area contributed by atoms with Crippen molar-refractivity contribution in [2.45, 2.75) is 6.92 Å². The number of hydrogen-bond acceptors (Lipinski definition) is 3. The Kier molecular flexibility index (Phi) is 4.92. The van der Waals surface area contributed by atoms with E-state index in [1.54, 1.807) is 39.2 Å². The summed E-state index contributed by atoms with van der Waals surface area (Å²) in [6.07, 6.45) is 0. The predicted molar refractivity (Wildman–Crippen MR) is 73.1 cm³/mol. The first-order valence-electron chi connectivity index (χ1n) is 5.16. The molecule has 0 aliphatic rings. The van der Waals surface area contributed by atoms with E-state index in [1.807, 2.05) is 22.6 Å². The number of carbonyl (C=O) groups excluding carboxylic acids is 2. The van der Waals surface area contributed by atoms with Crippen molar-refractivity contribution in [3.05, 3.63) is 32.9 Å². The molecule has 0 radical (unpaired) electrons. The van der Waals surface area contributed by atoms with Gasteiger partial charge in [0.15, 0.2) is 0 Å². The molecule has 17 heavy (non-hydrogen) atoms. The monoisotopic (exact) mass is 347 g/mol. The zero-order valence-electron chi connectivity index (χ0n) is 9.99. The molecule has 92 valence electrons. The molecule has 0 heterocycles. The highest BCUT2D eigenvalue weighted by Gasteiger charge is 2.18. The van der Waals surface area contributed by atoms with E-state index in [-0.39, 0.29) is 5.91 Å². The molecule has 0 atom stereocenters. The highest BCUT2D eigenvalue weighted by atomic mass is 127. The summed E-state index contributed by atoms with van der Waals surface area (Å²) < 4.78 is 5.56. The van der Waals surface area contributed by atoms with Crippen LogP contribution in [0.15, 0.2) is 18.2 Å². The first-order valence-corrected chi connectivity index (χ1v) is 6.24. The van der Waals surface area contributed by atoms with Gasteiger partial charge in [0.25, 0.3) is 5.91 Å². The summed E-state index contributed by atoms with van der Waals surface area (Å²) in [5.74, 6) is -0.522. The first-order chi connectivity index (χ1) is 7.99. The number of amides is 1. The molecular weight excluding hydrogens is 333 g/mol. The Balaban J connectivity index is 3.16. The lowest BCUT2D eigenvalue weighted by Crippen LogP contribution is -2.23. The van der Waals surface area contributed by atoms with Gasteiger partial charge < -0.3 is 9.64 Å². The number of hydrogen-bond donors (Lipinski definition) is 0. The fourth-order valence-electron chi connectivity index (χ4n) is 1.30. The average molecular weight is 347 g/mol. The lowest BCUT2D eigenvalue weighted by molar-refractivity contribution is 0.0525. The van der Waals surface area contributed by atoms with Crippen molar-refractivity contribution in [2.75, 3.05) is 20.7 Å². The minimum Gasteiger partial charge on any atom is -0.462 e. The van der Waals surface area contributed by atoms with Gasteiger partial charge in [0.1, 0.15) is 0 Å². The van der Waals surface area contributed by atoms with Crippen molar-refractivity contribution >= 4 is 34.5 Å². The van der Waals surface area contributed by atoms with Crippen molar-refractivity contribution in [1.82, 2.24) is 4.90 Å². The Morgan fingerprint density at radius 2 is 1.88 bits per heavy atom. The molecule has 0 aromatic heterocycles. The third kappa shape index (κ3) is 3.18. The molecule has 1 aromatic carbocycles. The summed E-state index contributed by atoms with van der Waals surface area (Å²) in [5.41, 5.74) is 0.946. The van der Waals surface area contributed by atoms with Gasteiger partial charge in [-0.3, -0.25) is 4.79 Å². The molecule has 0 fully saturated rings.